The molecular formula is C19H14FN5O4. The maximum atomic E-state index is 13.3. The third kappa shape index (κ3) is 3.06. The molecule has 9 nitrogen and oxygen atoms in total. The van der Waals surface area contributed by atoms with Crippen molar-refractivity contribution in [2.24, 2.45) is 5.73 Å². The molecule has 0 aliphatic rings. The van der Waals surface area contributed by atoms with E-state index in [2.05, 4.69) is 15.0 Å². The highest BCUT2D eigenvalue weighted by molar-refractivity contribution is 6.02. The van der Waals surface area contributed by atoms with Crippen LogP contribution in [0.2, 0.25) is 0 Å². The second-order valence-corrected chi connectivity index (χ2v) is 6.09. The van der Waals surface area contributed by atoms with Crippen molar-refractivity contribution in [3.8, 4) is 28.6 Å². The molecule has 146 valence electrons. The van der Waals surface area contributed by atoms with E-state index in [1.807, 2.05) is 0 Å². The first kappa shape index (κ1) is 18.2. The van der Waals surface area contributed by atoms with E-state index >= 15 is 0 Å². The lowest BCUT2D eigenvalue weighted by Gasteiger charge is -2.08. The molecule has 0 bridgehead atoms. The van der Waals surface area contributed by atoms with Crippen molar-refractivity contribution >= 4 is 17.1 Å². The number of benzene rings is 2. The Kier molecular flexibility index (Phi) is 4.23. The number of phenolic OH excluding ortho intramolecular Hbond substituents is 1. The van der Waals surface area contributed by atoms with Crippen LogP contribution in [0.1, 0.15) is 10.5 Å². The molecular weight excluding hydrogens is 381 g/mol. The fourth-order valence-corrected chi connectivity index (χ4v) is 2.94. The summed E-state index contributed by atoms with van der Waals surface area (Å²) in [7, 11) is 1.38. The second-order valence-electron chi connectivity index (χ2n) is 6.09. The minimum atomic E-state index is -0.864. The number of primary amides is 1. The molecule has 2 aromatic carbocycles. The minimum absolute atomic E-state index is 0.0568. The Morgan fingerprint density at radius 3 is 2.59 bits per heavy atom. The zero-order valence-electron chi connectivity index (χ0n) is 15.0. The van der Waals surface area contributed by atoms with Gasteiger partial charge < -0.3 is 20.6 Å². The SMILES string of the molecule is COc1cc(-c2nc(C(N)=O)c3[nH]c(=O)n(-c4ccc(F)cc4)c3n2)ccc1O. The van der Waals surface area contributed by atoms with Crippen molar-refractivity contribution in [3.05, 3.63) is 64.5 Å². The van der Waals surface area contributed by atoms with Crippen molar-refractivity contribution in [1.82, 2.24) is 19.5 Å². The van der Waals surface area contributed by atoms with Gasteiger partial charge >= 0.3 is 5.69 Å². The number of phenols is 1. The van der Waals surface area contributed by atoms with Crippen molar-refractivity contribution in [3.63, 3.8) is 0 Å². The van der Waals surface area contributed by atoms with Crippen molar-refractivity contribution in [2.75, 3.05) is 7.11 Å². The van der Waals surface area contributed by atoms with Crippen LogP contribution in [0.5, 0.6) is 11.5 Å². The molecule has 0 unspecified atom stereocenters. The molecule has 2 aromatic heterocycles. The summed E-state index contributed by atoms with van der Waals surface area (Å²) in [4.78, 5) is 35.6. The number of amides is 1. The van der Waals surface area contributed by atoms with Crippen LogP contribution < -0.4 is 16.2 Å². The van der Waals surface area contributed by atoms with Gasteiger partial charge in [-0.25, -0.2) is 23.7 Å². The molecule has 0 saturated carbocycles. The van der Waals surface area contributed by atoms with Crippen molar-refractivity contribution in [1.29, 1.82) is 0 Å². The molecule has 29 heavy (non-hydrogen) atoms. The van der Waals surface area contributed by atoms with E-state index < -0.39 is 17.4 Å². The highest BCUT2D eigenvalue weighted by Crippen LogP contribution is 2.31. The molecule has 0 aliphatic heterocycles. The van der Waals surface area contributed by atoms with Crippen LogP contribution in [0.3, 0.4) is 0 Å². The maximum absolute atomic E-state index is 13.3. The summed E-state index contributed by atoms with van der Waals surface area (Å²) < 4.78 is 19.6. The summed E-state index contributed by atoms with van der Waals surface area (Å²) in [5, 5.41) is 9.79. The van der Waals surface area contributed by atoms with E-state index in [1.54, 1.807) is 0 Å². The first-order valence-electron chi connectivity index (χ1n) is 8.35. The topological polar surface area (TPSA) is 136 Å². The molecule has 4 N–H and O–H groups in total. The van der Waals surface area contributed by atoms with Gasteiger partial charge in [0.15, 0.2) is 28.7 Å². The van der Waals surface area contributed by atoms with Crippen molar-refractivity contribution < 1.29 is 19.0 Å². The number of rotatable bonds is 4. The molecule has 4 rings (SSSR count). The number of H-pyrrole nitrogens is 1. The molecule has 0 spiro atoms. The van der Waals surface area contributed by atoms with Gasteiger partial charge in [-0.15, -0.1) is 0 Å². The summed E-state index contributed by atoms with van der Waals surface area (Å²) in [6, 6.07) is 9.59. The normalized spacial score (nSPS) is 11.0. The summed E-state index contributed by atoms with van der Waals surface area (Å²) >= 11 is 0. The van der Waals surface area contributed by atoms with Crippen LogP contribution >= 0.6 is 0 Å². The number of nitrogens with zero attached hydrogens (tertiary/aromatic N) is 3. The zero-order valence-corrected chi connectivity index (χ0v) is 15.0. The number of imidazole rings is 1. The molecule has 10 heteroatoms. The third-order valence-electron chi connectivity index (χ3n) is 4.29. The van der Waals surface area contributed by atoms with E-state index in [0.29, 0.717) is 11.3 Å². The van der Waals surface area contributed by atoms with Crippen molar-refractivity contribution in [2.45, 2.75) is 0 Å². The Bertz CT molecular complexity index is 1310. The van der Waals surface area contributed by atoms with Crippen LogP contribution in [-0.2, 0) is 0 Å². The van der Waals surface area contributed by atoms with Gasteiger partial charge in [-0.1, -0.05) is 0 Å². The van der Waals surface area contributed by atoms with Crippen LogP contribution in [0, 0.1) is 5.82 Å². The average molecular weight is 395 g/mol. The van der Waals surface area contributed by atoms with Gasteiger partial charge in [-0.3, -0.25) is 4.79 Å². The number of hydrogen-bond donors (Lipinski definition) is 3. The summed E-state index contributed by atoms with van der Waals surface area (Å²) in [5.41, 5.74) is 5.58. The summed E-state index contributed by atoms with van der Waals surface area (Å²) in [6.45, 7) is 0. The van der Waals surface area contributed by atoms with Gasteiger partial charge in [0.1, 0.15) is 11.3 Å². The molecule has 0 radical (unpaired) electrons. The van der Waals surface area contributed by atoms with E-state index in [-0.39, 0.29) is 34.2 Å². The molecule has 2 heterocycles. The first-order valence-corrected chi connectivity index (χ1v) is 8.35. The lowest BCUT2D eigenvalue weighted by Crippen LogP contribution is -2.15. The van der Waals surface area contributed by atoms with Gasteiger partial charge in [0.25, 0.3) is 5.91 Å². The number of halogens is 1. The van der Waals surface area contributed by atoms with Gasteiger partial charge in [0.05, 0.1) is 12.8 Å². The van der Waals surface area contributed by atoms with Gasteiger partial charge in [0, 0.05) is 5.56 Å². The first-order chi connectivity index (χ1) is 13.9. The number of nitrogens with one attached hydrogen (secondary N) is 1. The van der Waals surface area contributed by atoms with Crippen LogP contribution in [0.4, 0.5) is 4.39 Å². The number of nitrogens with two attached hydrogens (primary N) is 1. The number of aromatic amines is 1. The second kappa shape index (κ2) is 6.75. The average Bonchev–Trinajstić information content (AvgIpc) is 3.04. The van der Waals surface area contributed by atoms with E-state index in [4.69, 9.17) is 10.5 Å². The molecule has 0 aliphatic carbocycles. The number of ether oxygens (including phenoxy) is 1. The number of fused-ring (bicyclic) bond motifs is 1. The predicted molar refractivity (Wildman–Crippen MR) is 102 cm³/mol. The smallest absolute Gasteiger partial charge is 0.332 e. The fraction of sp³-hybridized carbons (Fsp3) is 0.0526. The largest absolute Gasteiger partial charge is 0.504 e. The lowest BCUT2D eigenvalue weighted by atomic mass is 10.2. The summed E-state index contributed by atoms with van der Waals surface area (Å²) in [6.07, 6.45) is 0. The highest BCUT2D eigenvalue weighted by atomic mass is 19.1. The molecule has 0 fully saturated rings. The standard InChI is InChI=1S/C19H14FN5O4/c1-29-13-8-9(2-7-12(13)26)17-22-14(16(21)27)15-18(24-17)25(19(28)23-15)11-5-3-10(20)4-6-11/h2-8,26H,1H3,(H2,21,27)(H,23,28). The van der Waals surface area contributed by atoms with E-state index in [9.17, 15) is 19.1 Å². The number of hydrogen-bond acceptors (Lipinski definition) is 6. The van der Waals surface area contributed by atoms with Gasteiger partial charge in [-0.2, -0.15) is 0 Å². The third-order valence-corrected chi connectivity index (χ3v) is 4.29. The zero-order chi connectivity index (χ0) is 20.7. The fourth-order valence-electron chi connectivity index (χ4n) is 2.94. The predicted octanol–water partition coefficient (Wildman–Crippen LogP) is 1.73. The summed E-state index contributed by atoms with van der Waals surface area (Å²) in [5.74, 6) is -1.16. The quantitative estimate of drug-likeness (QED) is 0.481. The van der Waals surface area contributed by atoms with Crippen LogP contribution in [-0.4, -0.2) is 37.6 Å². The highest BCUT2D eigenvalue weighted by Gasteiger charge is 2.20. The van der Waals surface area contributed by atoms with Crippen LogP contribution in [0.15, 0.2) is 47.3 Å². The maximum Gasteiger partial charge on any atom is 0.332 e. The molecule has 1 amide bonds. The van der Waals surface area contributed by atoms with Gasteiger partial charge in [0.2, 0.25) is 0 Å². The number of aromatic hydroxyl groups is 1. The number of methoxy groups -OCH3 is 1. The monoisotopic (exact) mass is 395 g/mol. The Labute approximate surface area is 162 Å². The van der Waals surface area contributed by atoms with Gasteiger partial charge in [-0.05, 0) is 42.5 Å². The number of aromatic nitrogens is 4. The minimum Gasteiger partial charge on any atom is -0.504 e. The Morgan fingerprint density at radius 2 is 1.93 bits per heavy atom. The Hall–Kier alpha value is -4.21. The molecule has 4 aromatic rings. The Morgan fingerprint density at radius 1 is 1.21 bits per heavy atom. The van der Waals surface area contributed by atoms with E-state index in [0.717, 1.165) is 0 Å². The van der Waals surface area contributed by atoms with Crippen LogP contribution in [0.25, 0.3) is 28.2 Å². The van der Waals surface area contributed by atoms with E-state index in [1.165, 1.54) is 54.1 Å². The molecule has 0 atom stereocenters. The number of carbonyl (C=O) groups excluding carboxylic acids is 1. The Balaban J connectivity index is 2.03. The lowest BCUT2D eigenvalue weighted by molar-refractivity contribution is 0.0997. The molecule has 0 saturated heterocycles. The number of carbonyl (C=O) groups is 1.